The van der Waals surface area contributed by atoms with E-state index in [4.69, 9.17) is 4.42 Å². The van der Waals surface area contributed by atoms with Gasteiger partial charge in [-0.25, -0.2) is 15.0 Å². The molecule has 0 unspecified atom stereocenters. The van der Waals surface area contributed by atoms with Crippen LogP contribution in [0.3, 0.4) is 0 Å². The summed E-state index contributed by atoms with van der Waals surface area (Å²) in [4.78, 5) is 13.0. The zero-order valence-electron chi connectivity index (χ0n) is 17.1. The fourth-order valence-electron chi connectivity index (χ4n) is 3.47. The summed E-state index contributed by atoms with van der Waals surface area (Å²) in [6.07, 6.45) is 0.136. The molecule has 0 radical (unpaired) electrons. The molecule has 7 nitrogen and oxygen atoms in total. The lowest BCUT2D eigenvalue weighted by atomic mass is 10.1. The Balaban J connectivity index is 1.43. The topological polar surface area (TPSA) is 89.6 Å². The molecule has 1 aromatic carbocycles. The summed E-state index contributed by atoms with van der Waals surface area (Å²) < 4.78 is 44.5. The highest BCUT2D eigenvalue weighted by Crippen LogP contribution is 2.54. The number of anilines is 2. The number of aromatic nitrogens is 5. The van der Waals surface area contributed by atoms with Crippen LogP contribution >= 0.6 is 11.3 Å². The molecule has 1 saturated carbocycles. The molecule has 4 aromatic rings. The third-order valence-corrected chi connectivity index (χ3v) is 6.42. The van der Waals surface area contributed by atoms with Crippen LogP contribution in [0.5, 0.6) is 0 Å². The zero-order valence-corrected chi connectivity index (χ0v) is 17.9. The Kier molecular flexibility index (Phi) is 4.73. The molecule has 11 heteroatoms. The minimum absolute atomic E-state index is 0.120. The van der Waals surface area contributed by atoms with E-state index in [-0.39, 0.29) is 11.4 Å². The summed E-state index contributed by atoms with van der Waals surface area (Å²) in [7, 11) is 0. The van der Waals surface area contributed by atoms with Crippen LogP contribution in [0.4, 0.5) is 24.8 Å². The van der Waals surface area contributed by atoms with E-state index in [9.17, 15) is 13.2 Å². The van der Waals surface area contributed by atoms with Crippen molar-refractivity contribution >= 4 is 23.0 Å². The van der Waals surface area contributed by atoms with Crippen LogP contribution in [0.2, 0.25) is 0 Å². The molecule has 0 bridgehead atoms. The Hall–Kier alpha value is -3.34. The molecule has 1 aliphatic rings. The first-order valence-electron chi connectivity index (χ1n) is 9.79. The van der Waals surface area contributed by atoms with Gasteiger partial charge in [0, 0.05) is 25.0 Å². The monoisotopic (exact) mass is 458 g/mol. The van der Waals surface area contributed by atoms with E-state index in [0.29, 0.717) is 17.5 Å². The minimum atomic E-state index is -4.54. The van der Waals surface area contributed by atoms with E-state index >= 15 is 0 Å². The third-order valence-electron chi connectivity index (χ3n) is 5.16. The number of thiazole rings is 1. The maximum Gasteiger partial charge on any atom is 0.433 e. The molecule has 3 aromatic heterocycles. The SMILES string of the molecule is Cc1cc(Nc2nccc(C(F)(F)F)n2)cc(-c2cnc(C3(c4nnc(C)o4)CC3)s2)c1. The third kappa shape index (κ3) is 3.83. The summed E-state index contributed by atoms with van der Waals surface area (Å²) in [6.45, 7) is 3.67. The number of nitrogens with one attached hydrogen (secondary N) is 1. The molecule has 32 heavy (non-hydrogen) atoms. The highest BCUT2D eigenvalue weighted by molar-refractivity contribution is 7.15. The standard InChI is InChI=1S/C21H17F3N6OS/c1-11-7-13(9-14(8-11)27-19-25-6-3-16(28-19)21(22,23)24)15-10-26-18(32-15)20(4-5-20)17-30-29-12(2)31-17/h3,6-10H,4-5H2,1-2H3,(H,25,27,28). The van der Waals surface area contributed by atoms with Crippen LogP contribution in [0, 0.1) is 13.8 Å². The lowest BCUT2D eigenvalue weighted by Gasteiger charge is -2.10. The highest BCUT2D eigenvalue weighted by atomic mass is 32.1. The molecule has 0 atom stereocenters. The Morgan fingerprint density at radius 1 is 1.09 bits per heavy atom. The quantitative estimate of drug-likeness (QED) is 0.426. The van der Waals surface area contributed by atoms with Gasteiger partial charge in [0.2, 0.25) is 17.7 Å². The Bertz CT molecular complexity index is 1290. The van der Waals surface area contributed by atoms with Crippen molar-refractivity contribution in [1.29, 1.82) is 0 Å². The summed E-state index contributed by atoms with van der Waals surface area (Å²) >= 11 is 1.54. The van der Waals surface area contributed by atoms with Crippen molar-refractivity contribution in [2.45, 2.75) is 38.3 Å². The average molecular weight is 458 g/mol. The maximum absolute atomic E-state index is 12.9. The number of hydrogen-bond donors (Lipinski definition) is 1. The van der Waals surface area contributed by atoms with Gasteiger partial charge in [0.25, 0.3) is 0 Å². The largest absolute Gasteiger partial charge is 0.433 e. The van der Waals surface area contributed by atoms with Gasteiger partial charge in [-0.05, 0) is 49.1 Å². The van der Waals surface area contributed by atoms with Crippen LogP contribution in [-0.2, 0) is 11.6 Å². The molecular formula is C21H17F3N6OS. The predicted octanol–water partition coefficient (Wildman–Crippen LogP) is 5.44. The van der Waals surface area contributed by atoms with Crippen molar-refractivity contribution in [3.05, 3.63) is 64.7 Å². The van der Waals surface area contributed by atoms with Gasteiger partial charge < -0.3 is 9.73 Å². The molecule has 0 aliphatic heterocycles. The second-order valence-corrected chi connectivity index (χ2v) is 8.74. The fourth-order valence-corrected chi connectivity index (χ4v) is 4.61. The van der Waals surface area contributed by atoms with E-state index < -0.39 is 11.9 Å². The first-order chi connectivity index (χ1) is 15.2. The number of alkyl halides is 3. The van der Waals surface area contributed by atoms with Crippen LogP contribution in [0.1, 0.15) is 40.9 Å². The van der Waals surface area contributed by atoms with E-state index in [1.165, 1.54) is 0 Å². The van der Waals surface area contributed by atoms with Gasteiger partial charge in [-0.3, -0.25) is 0 Å². The summed E-state index contributed by atoms with van der Waals surface area (Å²) in [5, 5.41) is 11.9. The molecule has 1 fully saturated rings. The van der Waals surface area contributed by atoms with E-state index in [1.54, 1.807) is 24.5 Å². The van der Waals surface area contributed by atoms with E-state index in [1.807, 2.05) is 25.1 Å². The number of halogens is 3. The summed E-state index contributed by atoms with van der Waals surface area (Å²) in [5.74, 6) is 0.989. The van der Waals surface area contributed by atoms with Gasteiger partial charge in [-0.1, -0.05) is 6.07 Å². The predicted molar refractivity (Wildman–Crippen MR) is 112 cm³/mol. The number of rotatable bonds is 5. The van der Waals surface area contributed by atoms with Crippen LogP contribution in [0.25, 0.3) is 10.4 Å². The van der Waals surface area contributed by atoms with Gasteiger partial charge in [0.05, 0.1) is 4.88 Å². The molecule has 0 saturated heterocycles. The molecule has 1 N–H and O–H groups in total. The number of benzene rings is 1. The molecule has 3 heterocycles. The first-order valence-corrected chi connectivity index (χ1v) is 10.6. The number of hydrogen-bond acceptors (Lipinski definition) is 8. The molecule has 164 valence electrons. The van der Waals surface area contributed by atoms with Crippen LogP contribution < -0.4 is 5.32 Å². The number of nitrogens with zero attached hydrogens (tertiary/aromatic N) is 5. The second-order valence-electron chi connectivity index (χ2n) is 7.71. The normalized spacial score (nSPS) is 15.0. The van der Waals surface area contributed by atoms with E-state index in [0.717, 1.165) is 46.1 Å². The van der Waals surface area contributed by atoms with Crippen molar-refractivity contribution in [1.82, 2.24) is 25.1 Å². The fraction of sp³-hybridized carbons (Fsp3) is 0.286. The minimum Gasteiger partial charge on any atom is -0.425 e. The van der Waals surface area contributed by atoms with Crippen LogP contribution in [0.15, 0.2) is 41.1 Å². The first kappa shape index (κ1) is 20.6. The van der Waals surface area contributed by atoms with Crippen molar-refractivity contribution in [3.63, 3.8) is 0 Å². The smallest absolute Gasteiger partial charge is 0.425 e. The van der Waals surface area contributed by atoms with Gasteiger partial charge in [0.1, 0.15) is 16.1 Å². The average Bonchev–Trinajstić information content (AvgIpc) is 3.17. The Labute approximate surface area is 184 Å². The zero-order chi connectivity index (χ0) is 22.5. The highest BCUT2D eigenvalue weighted by Gasteiger charge is 2.53. The molecule has 0 amide bonds. The molecule has 5 rings (SSSR count). The Morgan fingerprint density at radius 2 is 1.91 bits per heavy atom. The molecular weight excluding hydrogens is 441 g/mol. The molecule has 0 spiro atoms. The maximum atomic E-state index is 12.9. The van der Waals surface area contributed by atoms with E-state index in [2.05, 4.69) is 30.5 Å². The Morgan fingerprint density at radius 3 is 2.59 bits per heavy atom. The van der Waals surface area contributed by atoms with Gasteiger partial charge in [-0.15, -0.1) is 21.5 Å². The number of aryl methyl sites for hydroxylation is 2. The summed E-state index contributed by atoms with van der Waals surface area (Å²) in [5.41, 5.74) is 1.09. The van der Waals surface area contributed by atoms with Gasteiger partial charge >= 0.3 is 6.18 Å². The van der Waals surface area contributed by atoms with Crippen molar-refractivity contribution in [3.8, 4) is 10.4 Å². The second kappa shape index (κ2) is 7.37. The van der Waals surface area contributed by atoms with Crippen LogP contribution in [-0.4, -0.2) is 25.1 Å². The summed E-state index contributed by atoms with van der Waals surface area (Å²) in [6, 6.07) is 6.49. The van der Waals surface area contributed by atoms with Gasteiger partial charge in [-0.2, -0.15) is 13.2 Å². The lowest BCUT2D eigenvalue weighted by Crippen LogP contribution is -2.10. The van der Waals surface area contributed by atoms with Crippen molar-refractivity contribution in [2.75, 3.05) is 5.32 Å². The van der Waals surface area contributed by atoms with Crippen molar-refractivity contribution < 1.29 is 17.6 Å². The van der Waals surface area contributed by atoms with Crippen molar-refractivity contribution in [2.24, 2.45) is 0 Å². The molecule has 1 aliphatic carbocycles. The lowest BCUT2D eigenvalue weighted by molar-refractivity contribution is -0.141. The van der Waals surface area contributed by atoms with Gasteiger partial charge in [0.15, 0.2) is 0 Å².